The second-order valence-electron chi connectivity index (χ2n) is 4.12. The average Bonchev–Trinajstić information content (AvgIpc) is 2.49. The highest BCUT2D eigenvalue weighted by Crippen LogP contribution is 2.36. The fourth-order valence-corrected chi connectivity index (χ4v) is 2.01. The SMILES string of the molecule is NCC(N1C(=O)CCOc2ccccc21)C(F)(F)F. The van der Waals surface area contributed by atoms with E-state index in [1.807, 2.05) is 0 Å². The van der Waals surface area contributed by atoms with Crippen molar-refractivity contribution in [3.05, 3.63) is 24.3 Å². The molecule has 0 saturated carbocycles. The molecule has 0 fully saturated rings. The van der Waals surface area contributed by atoms with Gasteiger partial charge in [0, 0.05) is 6.54 Å². The zero-order chi connectivity index (χ0) is 14.0. The zero-order valence-corrected chi connectivity index (χ0v) is 9.98. The molecular formula is C12H13F3N2O2. The number of carbonyl (C=O) groups is 1. The number of fused-ring (bicyclic) bond motifs is 1. The highest BCUT2D eigenvalue weighted by molar-refractivity contribution is 5.96. The molecule has 1 aliphatic heterocycles. The second-order valence-corrected chi connectivity index (χ2v) is 4.12. The van der Waals surface area contributed by atoms with Crippen LogP contribution in [0.15, 0.2) is 24.3 Å². The number of para-hydroxylation sites is 2. The molecule has 104 valence electrons. The Labute approximate surface area is 107 Å². The van der Waals surface area contributed by atoms with E-state index in [1.54, 1.807) is 12.1 Å². The number of benzene rings is 1. The summed E-state index contributed by atoms with van der Waals surface area (Å²) in [5, 5.41) is 0. The zero-order valence-electron chi connectivity index (χ0n) is 9.98. The summed E-state index contributed by atoms with van der Waals surface area (Å²) in [7, 11) is 0. The monoisotopic (exact) mass is 274 g/mol. The largest absolute Gasteiger partial charge is 0.491 e. The molecule has 1 atom stereocenters. The predicted octanol–water partition coefficient (Wildman–Crippen LogP) is 1.69. The molecule has 0 bridgehead atoms. The van der Waals surface area contributed by atoms with Crippen LogP contribution in [0, 0.1) is 0 Å². The third-order valence-electron chi connectivity index (χ3n) is 2.88. The molecule has 1 unspecified atom stereocenters. The van der Waals surface area contributed by atoms with E-state index in [4.69, 9.17) is 10.5 Å². The van der Waals surface area contributed by atoms with Crippen molar-refractivity contribution in [3.63, 3.8) is 0 Å². The van der Waals surface area contributed by atoms with E-state index in [9.17, 15) is 18.0 Å². The molecule has 0 aromatic heterocycles. The van der Waals surface area contributed by atoms with Gasteiger partial charge >= 0.3 is 6.18 Å². The lowest BCUT2D eigenvalue weighted by Gasteiger charge is -2.31. The number of hydrogen-bond acceptors (Lipinski definition) is 3. The lowest BCUT2D eigenvalue weighted by atomic mass is 10.1. The minimum Gasteiger partial charge on any atom is -0.491 e. The molecule has 1 aromatic carbocycles. The lowest BCUT2D eigenvalue weighted by Crippen LogP contribution is -2.53. The van der Waals surface area contributed by atoms with Crippen molar-refractivity contribution in [1.29, 1.82) is 0 Å². The van der Waals surface area contributed by atoms with Crippen molar-refractivity contribution in [2.24, 2.45) is 5.73 Å². The summed E-state index contributed by atoms with van der Waals surface area (Å²) in [6, 6.07) is 4.11. The fraction of sp³-hybridized carbons (Fsp3) is 0.417. The molecule has 0 radical (unpaired) electrons. The van der Waals surface area contributed by atoms with Crippen LogP contribution in [-0.2, 0) is 4.79 Å². The van der Waals surface area contributed by atoms with Crippen LogP contribution in [0.5, 0.6) is 5.75 Å². The summed E-state index contributed by atoms with van der Waals surface area (Å²) in [5.41, 5.74) is 5.31. The Bertz CT molecular complexity index is 476. The van der Waals surface area contributed by atoms with Gasteiger partial charge in [0.25, 0.3) is 0 Å². The molecule has 0 spiro atoms. The number of carbonyl (C=O) groups excluding carboxylic acids is 1. The number of anilines is 1. The number of alkyl halides is 3. The summed E-state index contributed by atoms with van der Waals surface area (Å²) in [6.45, 7) is -0.634. The molecule has 0 aliphatic carbocycles. The van der Waals surface area contributed by atoms with Gasteiger partial charge < -0.3 is 10.5 Å². The van der Waals surface area contributed by atoms with Crippen molar-refractivity contribution < 1.29 is 22.7 Å². The van der Waals surface area contributed by atoms with Crippen LogP contribution < -0.4 is 15.4 Å². The van der Waals surface area contributed by atoms with Gasteiger partial charge in [0.05, 0.1) is 18.7 Å². The Morgan fingerprint density at radius 2 is 2.05 bits per heavy atom. The minimum atomic E-state index is -4.58. The first kappa shape index (κ1) is 13.7. The summed E-state index contributed by atoms with van der Waals surface area (Å²) in [6.07, 6.45) is -4.69. The highest BCUT2D eigenvalue weighted by atomic mass is 19.4. The summed E-state index contributed by atoms with van der Waals surface area (Å²) >= 11 is 0. The molecule has 4 nitrogen and oxygen atoms in total. The van der Waals surface area contributed by atoms with E-state index in [1.165, 1.54) is 12.1 Å². The molecule has 1 amide bonds. The van der Waals surface area contributed by atoms with Gasteiger partial charge in [0.2, 0.25) is 5.91 Å². The maximum atomic E-state index is 13.0. The number of nitrogens with zero attached hydrogens (tertiary/aromatic N) is 1. The van der Waals surface area contributed by atoms with Crippen molar-refractivity contribution in [1.82, 2.24) is 0 Å². The summed E-state index contributed by atoms with van der Waals surface area (Å²) in [4.78, 5) is 12.6. The Morgan fingerprint density at radius 3 is 2.68 bits per heavy atom. The molecule has 1 aromatic rings. The number of nitrogens with two attached hydrogens (primary N) is 1. The maximum absolute atomic E-state index is 13.0. The first-order valence-electron chi connectivity index (χ1n) is 5.76. The third kappa shape index (κ3) is 2.65. The van der Waals surface area contributed by atoms with Crippen molar-refractivity contribution >= 4 is 11.6 Å². The van der Waals surface area contributed by atoms with Crippen molar-refractivity contribution in [2.45, 2.75) is 18.6 Å². The fourth-order valence-electron chi connectivity index (χ4n) is 2.01. The lowest BCUT2D eigenvalue weighted by molar-refractivity contribution is -0.152. The van der Waals surface area contributed by atoms with Gasteiger partial charge in [-0.3, -0.25) is 9.69 Å². The summed E-state index contributed by atoms with van der Waals surface area (Å²) in [5.74, 6) is -0.381. The Balaban J connectivity index is 2.49. The molecule has 7 heteroatoms. The Morgan fingerprint density at radius 1 is 1.37 bits per heavy atom. The van der Waals surface area contributed by atoms with Gasteiger partial charge in [-0.05, 0) is 12.1 Å². The van der Waals surface area contributed by atoms with Crippen LogP contribution in [-0.4, -0.2) is 31.3 Å². The van der Waals surface area contributed by atoms with Crippen LogP contribution in [0.1, 0.15) is 6.42 Å². The van der Waals surface area contributed by atoms with Crippen LogP contribution >= 0.6 is 0 Å². The third-order valence-corrected chi connectivity index (χ3v) is 2.88. The molecule has 0 saturated heterocycles. The number of rotatable bonds is 2. The molecule has 19 heavy (non-hydrogen) atoms. The van der Waals surface area contributed by atoms with E-state index in [2.05, 4.69) is 0 Å². The Kier molecular flexibility index (Phi) is 3.66. The van der Waals surface area contributed by atoms with Crippen LogP contribution in [0.2, 0.25) is 0 Å². The van der Waals surface area contributed by atoms with E-state index < -0.39 is 24.7 Å². The molecular weight excluding hydrogens is 261 g/mol. The Hall–Kier alpha value is -1.76. The van der Waals surface area contributed by atoms with E-state index in [-0.39, 0.29) is 24.5 Å². The maximum Gasteiger partial charge on any atom is 0.410 e. The normalized spacial score (nSPS) is 17.5. The highest BCUT2D eigenvalue weighted by Gasteiger charge is 2.46. The number of halogens is 3. The smallest absolute Gasteiger partial charge is 0.410 e. The van der Waals surface area contributed by atoms with Gasteiger partial charge in [0.1, 0.15) is 11.8 Å². The van der Waals surface area contributed by atoms with Crippen LogP contribution in [0.3, 0.4) is 0 Å². The first-order valence-corrected chi connectivity index (χ1v) is 5.76. The summed E-state index contributed by atoms with van der Waals surface area (Å²) < 4.78 is 44.3. The quantitative estimate of drug-likeness (QED) is 0.893. The molecule has 2 N–H and O–H groups in total. The van der Waals surface area contributed by atoms with Gasteiger partial charge in [-0.1, -0.05) is 12.1 Å². The topological polar surface area (TPSA) is 55.6 Å². The van der Waals surface area contributed by atoms with Crippen LogP contribution in [0.4, 0.5) is 18.9 Å². The van der Waals surface area contributed by atoms with Gasteiger partial charge in [0.15, 0.2) is 0 Å². The second kappa shape index (κ2) is 5.08. The van der Waals surface area contributed by atoms with Crippen molar-refractivity contribution in [3.8, 4) is 5.75 Å². The van der Waals surface area contributed by atoms with Crippen molar-refractivity contribution in [2.75, 3.05) is 18.1 Å². The first-order chi connectivity index (χ1) is 8.95. The number of amides is 1. The van der Waals surface area contributed by atoms with Gasteiger partial charge in [-0.25, -0.2) is 0 Å². The van der Waals surface area contributed by atoms with Gasteiger partial charge in [-0.2, -0.15) is 13.2 Å². The van der Waals surface area contributed by atoms with Crippen LogP contribution in [0.25, 0.3) is 0 Å². The van der Waals surface area contributed by atoms with E-state index in [0.717, 1.165) is 0 Å². The standard InChI is InChI=1S/C12H13F3N2O2/c13-12(14,15)10(7-16)17-8-3-1-2-4-9(8)19-6-5-11(17)18/h1-4,10H,5-7,16H2. The molecule has 2 rings (SSSR count). The average molecular weight is 274 g/mol. The number of ether oxygens (including phenoxy) is 1. The minimum absolute atomic E-state index is 0.0570. The van der Waals surface area contributed by atoms with Gasteiger partial charge in [-0.15, -0.1) is 0 Å². The molecule has 1 heterocycles. The number of hydrogen-bond donors (Lipinski definition) is 1. The van der Waals surface area contributed by atoms with E-state index >= 15 is 0 Å². The predicted molar refractivity (Wildman–Crippen MR) is 62.9 cm³/mol. The van der Waals surface area contributed by atoms with E-state index in [0.29, 0.717) is 4.90 Å². The molecule has 1 aliphatic rings.